The van der Waals surface area contributed by atoms with E-state index in [9.17, 15) is 0 Å². The number of unbranched alkanes of at least 4 members (excludes halogenated alkanes) is 6. The first-order valence-corrected chi connectivity index (χ1v) is 13.2. The summed E-state index contributed by atoms with van der Waals surface area (Å²) in [6.07, 6.45) is 14.4. The van der Waals surface area contributed by atoms with Gasteiger partial charge in [0, 0.05) is 4.24 Å². The first-order chi connectivity index (χ1) is 7.99. The van der Waals surface area contributed by atoms with Crippen LogP contribution in [0.15, 0.2) is 10.3 Å². The third-order valence-electron chi connectivity index (χ3n) is 2.48. The second-order valence-corrected chi connectivity index (χ2v) is 15.8. The van der Waals surface area contributed by atoms with E-state index in [1.54, 1.807) is 4.24 Å². The average Bonchev–Trinajstić information content (AvgIpc) is 2.24. The Hall–Kier alpha value is 0.657. The van der Waals surface area contributed by atoms with Gasteiger partial charge in [-0.25, -0.2) is 0 Å². The van der Waals surface area contributed by atoms with E-state index < -0.39 is 7.22 Å². The maximum Gasteiger partial charge on any atom is 0.115 e. The Balaban J connectivity index is 3.65. The molecule has 0 aromatic heterocycles. The van der Waals surface area contributed by atoms with Crippen molar-refractivity contribution in [1.29, 1.82) is 0 Å². The van der Waals surface area contributed by atoms with Crippen molar-refractivity contribution in [2.75, 3.05) is 6.26 Å². The van der Waals surface area contributed by atoms with Crippen LogP contribution in [-0.4, -0.2) is 13.5 Å². The number of allylic oxidation sites excluding steroid dienone is 1. The van der Waals surface area contributed by atoms with Crippen LogP contribution >= 0.6 is 23.0 Å². The minimum Gasteiger partial charge on any atom is -0.146 e. The summed E-state index contributed by atoms with van der Waals surface area (Å²) < 4.78 is 1.55. The molecular formula is C14H30S2Si. The summed E-state index contributed by atoms with van der Waals surface area (Å²) in [6.45, 7) is 9.55. The predicted octanol–water partition coefficient (Wildman–Crippen LogP) is 6.51. The summed E-state index contributed by atoms with van der Waals surface area (Å²) in [6, 6.07) is 0. The maximum absolute atomic E-state index is 2.47. The largest absolute Gasteiger partial charge is 0.146 e. The molecule has 0 unspecified atom stereocenters. The van der Waals surface area contributed by atoms with Gasteiger partial charge in [0.2, 0.25) is 0 Å². The van der Waals surface area contributed by atoms with Crippen LogP contribution in [0, 0.1) is 0 Å². The molecule has 0 fully saturated rings. The molecule has 0 aliphatic heterocycles. The normalized spacial score (nSPS) is 13.1. The van der Waals surface area contributed by atoms with Gasteiger partial charge < -0.3 is 0 Å². The zero-order valence-electron chi connectivity index (χ0n) is 12.3. The van der Waals surface area contributed by atoms with Crippen LogP contribution < -0.4 is 0 Å². The predicted molar refractivity (Wildman–Crippen MR) is 90.5 cm³/mol. The highest BCUT2D eigenvalue weighted by molar-refractivity contribution is 8.39. The van der Waals surface area contributed by atoms with Crippen LogP contribution in [0.4, 0.5) is 0 Å². The summed E-state index contributed by atoms with van der Waals surface area (Å²) in [5.41, 5.74) is 0. The second kappa shape index (κ2) is 10.6. The molecule has 0 heterocycles. The van der Waals surface area contributed by atoms with Gasteiger partial charge in [-0.15, -0.1) is 23.0 Å². The maximum atomic E-state index is 2.47. The van der Waals surface area contributed by atoms with Gasteiger partial charge in [0.05, 0.1) is 0 Å². The Morgan fingerprint density at radius 2 is 1.59 bits per heavy atom. The van der Waals surface area contributed by atoms with E-state index in [-0.39, 0.29) is 0 Å². The molecule has 0 atom stereocenters. The van der Waals surface area contributed by atoms with Crippen molar-refractivity contribution in [3.8, 4) is 0 Å². The highest BCUT2D eigenvalue weighted by Gasteiger charge is 2.15. The molecule has 0 aromatic rings. The minimum atomic E-state index is -1.000. The number of thioether (sulfide) groups is 1. The standard InChI is InChI=1S/C14H30S2Si/c1-6-7-8-9-10-11-12-13-14(15-2)16-17(3,4)5/h13H,6-12H2,1-5H3/b14-13-. The first kappa shape index (κ1) is 17.7. The molecule has 0 aromatic carbocycles. The minimum absolute atomic E-state index is 1.000. The third-order valence-corrected chi connectivity index (χ3v) is 7.72. The van der Waals surface area contributed by atoms with E-state index in [1.807, 2.05) is 11.8 Å². The average molecular weight is 291 g/mol. The molecule has 0 aliphatic carbocycles. The van der Waals surface area contributed by atoms with E-state index >= 15 is 0 Å². The molecule has 102 valence electrons. The molecule has 0 N–H and O–H groups in total. The molecule has 0 bridgehead atoms. The Bertz CT molecular complexity index is 207. The number of hydrogen-bond acceptors (Lipinski definition) is 2. The first-order valence-electron chi connectivity index (χ1n) is 6.92. The smallest absolute Gasteiger partial charge is 0.115 e. The van der Waals surface area contributed by atoms with Crippen molar-refractivity contribution in [3.63, 3.8) is 0 Å². The van der Waals surface area contributed by atoms with Crippen molar-refractivity contribution in [3.05, 3.63) is 10.3 Å². The molecule has 0 spiro atoms. The molecule has 0 saturated carbocycles. The molecule has 0 nitrogen and oxygen atoms in total. The highest BCUT2D eigenvalue weighted by Crippen LogP contribution is 2.34. The lowest BCUT2D eigenvalue weighted by molar-refractivity contribution is 0.611. The van der Waals surface area contributed by atoms with Crippen molar-refractivity contribution in [2.24, 2.45) is 0 Å². The number of rotatable bonds is 10. The lowest BCUT2D eigenvalue weighted by Crippen LogP contribution is -2.13. The lowest BCUT2D eigenvalue weighted by Gasteiger charge is -2.16. The fourth-order valence-corrected chi connectivity index (χ4v) is 8.10. The molecule has 0 rings (SSSR count). The van der Waals surface area contributed by atoms with Crippen LogP contribution in [-0.2, 0) is 0 Å². The summed E-state index contributed by atoms with van der Waals surface area (Å²) in [4.78, 5) is 0. The van der Waals surface area contributed by atoms with Crippen LogP contribution in [0.25, 0.3) is 0 Å². The molecule has 0 radical (unpaired) electrons. The fourth-order valence-electron chi connectivity index (χ4n) is 1.61. The monoisotopic (exact) mass is 290 g/mol. The molecule has 0 aliphatic rings. The third kappa shape index (κ3) is 12.9. The van der Waals surface area contributed by atoms with Gasteiger partial charge in [0.25, 0.3) is 0 Å². The Morgan fingerprint density at radius 1 is 1.00 bits per heavy atom. The van der Waals surface area contributed by atoms with Gasteiger partial charge in [-0.1, -0.05) is 64.7 Å². The highest BCUT2D eigenvalue weighted by atomic mass is 32.4. The van der Waals surface area contributed by atoms with E-state index in [1.165, 1.54) is 44.9 Å². The van der Waals surface area contributed by atoms with Gasteiger partial charge >= 0.3 is 0 Å². The van der Waals surface area contributed by atoms with Gasteiger partial charge in [0.15, 0.2) is 0 Å². The Kier molecular flexibility index (Phi) is 11.0. The van der Waals surface area contributed by atoms with Gasteiger partial charge in [-0.05, 0) is 19.1 Å². The quantitative estimate of drug-likeness (QED) is 0.332. The van der Waals surface area contributed by atoms with Crippen molar-refractivity contribution in [2.45, 2.75) is 71.5 Å². The SMILES string of the molecule is CCCCCCCC/C=C(/SC)S[Si](C)(C)C. The summed E-state index contributed by atoms with van der Waals surface area (Å²) in [7, 11) is -1.000. The summed E-state index contributed by atoms with van der Waals surface area (Å²) >= 11 is 4.06. The van der Waals surface area contributed by atoms with E-state index in [4.69, 9.17) is 0 Å². The van der Waals surface area contributed by atoms with E-state index in [2.05, 4.69) is 50.1 Å². The molecule has 17 heavy (non-hydrogen) atoms. The summed E-state index contributed by atoms with van der Waals surface area (Å²) in [5.74, 6) is 0. The topological polar surface area (TPSA) is 0 Å². The van der Waals surface area contributed by atoms with Crippen molar-refractivity contribution >= 4 is 30.2 Å². The molecule has 0 amide bonds. The van der Waals surface area contributed by atoms with Gasteiger partial charge in [-0.3, -0.25) is 0 Å². The van der Waals surface area contributed by atoms with Crippen LogP contribution in [0.2, 0.25) is 19.6 Å². The zero-order chi connectivity index (χ0) is 13.1. The van der Waals surface area contributed by atoms with Crippen LogP contribution in [0.1, 0.15) is 51.9 Å². The van der Waals surface area contributed by atoms with Crippen molar-refractivity contribution in [1.82, 2.24) is 0 Å². The van der Waals surface area contributed by atoms with E-state index in [0.29, 0.717) is 0 Å². The van der Waals surface area contributed by atoms with Crippen molar-refractivity contribution < 1.29 is 0 Å². The Labute approximate surface area is 118 Å². The number of hydrogen-bond donors (Lipinski definition) is 0. The summed E-state index contributed by atoms with van der Waals surface area (Å²) in [5, 5.41) is 0. The van der Waals surface area contributed by atoms with Gasteiger partial charge in [-0.2, -0.15) is 0 Å². The Morgan fingerprint density at radius 3 is 2.12 bits per heavy atom. The lowest BCUT2D eigenvalue weighted by atomic mass is 10.1. The molecular weight excluding hydrogens is 260 g/mol. The molecule has 3 heteroatoms. The van der Waals surface area contributed by atoms with E-state index in [0.717, 1.165) is 0 Å². The van der Waals surface area contributed by atoms with Crippen LogP contribution in [0.3, 0.4) is 0 Å². The van der Waals surface area contributed by atoms with Gasteiger partial charge in [0.1, 0.15) is 7.22 Å². The fraction of sp³-hybridized carbons (Fsp3) is 0.857. The molecule has 0 saturated heterocycles. The second-order valence-electron chi connectivity index (χ2n) is 5.50. The zero-order valence-corrected chi connectivity index (χ0v) is 15.0. The van der Waals surface area contributed by atoms with Crippen LogP contribution in [0.5, 0.6) is 0 Å².